The number of nitrogens with one attached hydrogen (secondary N) is 1. The van der Waals surface area contributed by atoms with Gasteiger partial charge < -0.3 is 10.2 Å². The minimum atomic E-state index is 0.626. The van der Waals surface area contributed by atoms with Crippen LogP contribution < -0.4 is 10.2 Å². The summed E-state index contributed by atoms with van der Waals surface area (Å²) in [5.74, 6) is 0. The lowest BCUT2D eigenvalue weighted by atomic mass is 10.1. The fourth-order valence-corrected chi connectivity index (χ4v) is 3.04. The predicted octanol–water partition coefficient (Wildman–Crippen LogP) is 3.59. The molecule has 0 aliphatic carbocycles. The van der Waals surface area contributed by atoms with Gasteiger partial charge in [-0.1, -0.05) is 29.8 Å². The van der Waals surface area contributed by atoms with Crippen LogP contribution in [0.1, 0.15) is 32.3 Å². The zero-order chi connectivity index (χ0) is 13.0. The Balaban J connectivity index is 2.23. The molecule has 1 aliphatic rings. The normalized spacial score (nSPS) is 20.8. The SMILES string of the molecule is CCc1cc(Br)ccc1N1CCCNC(CC)C1. The van der Waals surface area contributed by atoms with E-state index in [2.05, 4.69) is 58.2 Å². The fraction of sp³-hybridized carbons (Fsp3) is 0.600. The average molecular weight is 311 g/mol. The highest BCUT2D eigenvalue weighted by atomic mass is 79.9. The van der Waals surface area contributed by atoms with Gasteiger partial charge in [0.2, 0.25) is 0 Å². The molecular weight excluding hydrogens is 288 g/mol. The first kappa shape index (κ1) is 13.9. The number of aryl methyl sites for hydroxylation is 1. The lowest BCUT2D eigenvalue weighted by Crippen LogP contribution is -2.37. The van der Waals surface area contributed by atoms with Crippen LogP contribution in [0.2, 0.25) is 0 Å². The van der Waals surface area contributed by atoms with Crippen molar-refractivity contribution in [2.24, 2.45) is 0 Å². The van der Waals surface area contributed by atoms with E-state index < -0.39 is 0 Å². The number of hydrogen-bond acceptors (Lipinski definition) is 2. The second kappa shape index (κ2) is 6.58. The third-order valence-electron chi connectivity index (χ3n) is 3.73. The van der Waals surface area contributed by atoms with Crippen molar-refractivity contribution < 1.29 is 0 Å². The van der Waals surface area contributed by atoms with Crippen molar-refractivity contribution in [2.45, 2.75) is 39.2 Å². The lowest BCUT2D eigenvalue weighted by Gasteiger charge is -2.28. The molecule has 0 saturated carbocycles. The second-order valence-electron chi connectivity index (χ2n) is 4.99. The summed E-state index contributed by atoms with van der Waals surface area (Å²) in [5, 5.41) is 3.63. The molecule has 1 unspecified atom stereocenters. The van der Waals surface area contributed by atoms with Gasteiger partial charge in [0, 0.05) is 29.3 Å². The third kappa shape index (κ3) is 3.27. The van der Waals surface area contributed by atoms with Gasteiger partial charge in [0.05, 0.1) is 0 Å². The molecule has 3 heteroatoms. The molecule has 1 saturated heterocycles. The van der Waals surface area contributed by atoms with Crippen molar-refractivity contribution in [3.05, 3.63) is 28.2 Å². The minimum absolute atomic E-state index is 0.626. The van der Waals surface area contributed by atoms with Crippen LogP contribution in [0.25, 0.3) is 0 Å². The second-order valence-corrected chi connectivity index (χ2v) is 5.90. The van der Waals surface area contributed by atoms with E-state index in [9.17, 15) is 0 Å². The maximum Gasteiger partial charge on any atom is 0.0399 e. The molecular formula is C15H23BrN2. The first-order chi connectivity index (χ1) is 8.74. The quantitative estimate of drug-likeness (QED) is 0.918. The van der Waals surface area contributed by atoms with Gasteiger partial charge in [-0.25, -0.2) is 0 Å². The van der Waals surface area contributed by atoms with Crippen LogP contribution in [0.5, 0.6) is 0 Å². The van der Waals surface area contributed by atoms with Crippen LogP contribution in [0, 0.1) is 0 Å². The molecule has 100 valence electrons. The van der Waals surface area contributed by atoms with Gasteiger partial charge in [-0.05, 0) is 49.6 Å². The van der Waals surface area contributed by atoms with Crippen molar-refractivity contribution in [1.82, 2.24) is 5.32 Å². The van der Waals surface area contributed by atoms with Crippen LogP contribution in [0.3, 0.4) is 0 Å². The smallest absolute Gasteiger partial charge is 0.0399 e. The fourth-order valence-electron chi connectivity index (χ4n) is 2.64. The number of benzene rings is 1. The van der Waals surface area contributed by atoms with Crippen LogP contribution in [-0.4, -0.2) is 25.7 Å². The summed E-state index contributed by atoms with van der Waals surface area (Å²) < 4.78 is 1.18. The summed E-state index contributed by atoms with van der Waals surface area (Å²) in [6, 6.07) is 7.31. The molecule has 0 bridgehead atoms. The first-order valence-corrected chi connectivity index (χ1v) is 7.80. The number of nitrogens with zero attached hydrogens (tertiary/aromatic N) is 1. The lowest BCUT2D eigenvalue weighted by molar-refractivity contribution is 0.528. The zero-order valence-corrected chi connectivity index (χ0v) is 13.0. The van der Waals surface area contributed by atoms with Gasteiger partial charge in [-0.2, -0.15) is 0 Å². The van der Waals surface area contributed by atoms with Crippen molar-refractivity contribution in [3.63, 3.8) is 0 Å². The highest BCUT2D eigenvalue weighted by Gasteiger charge is 2.18. The molecule has 1 aliphatic heterocycles. The van der Waals surface area contributed by atoms with E-state index in [-0.39, 0.29) is 0 Å². The number of hydrogen-bond donors (Lipinski definition) is 1. The number of halogens is 1. The predicted molar refractivity (Wildman–Crippen MR) is 82.4 cm³/mol. The topological polar surface area (TPSA) is 15.3 Å². The molecule has 1 atom stereocenters. The molecule has 2 rings (SSSR count). The van der Waals surface area contributed by atoms with Crippen molar-refractivity contribution >= 4 is 21.6 Å². The summed E-state index contributed by atoms with van der Waals surface area (Å²) in [4.78, 5) is 2.55. The van der Waals surface area contributed by atoms with Crippen molar-refractivity contribution in [1.29, 1.82) is 0 Å². The van der Waals surface area contributed by atoms with Gasteiger partial charge in [-0.3, -0.25) is 0 Å². The van der Waals surface area contributed by atoms with Crippen LogP contribution in [-0.2, 0) is 6.42 Å². The van der Waals surface area contributed by atoms with E-state index >= 15 is 0 Å². The van der Waals surface area contributed by atoms with E-state index in [1.54, 1.807) is 0 Å². The summed E-state index contributed by atoms with van der Waals surface area (Å²) >= 11 is 3.57. The molecule has 0 radical (unpaired) electrons. The van der Waals surface area contributed by atoms with E-state index in [0.717, 1.165) is 26.1 Å². The van der Waals surface area contributed by atoms with Crippen LogP contribution >= 0.6 is 15.9 Å². The Morgan fingerprint density at radius 1 is 1.39 bits per heavy atom. The zero-order valence-electron chi connectivity index (χ0n) is 11.4. The Kier molecular flexibility index (Phi) is 5.07. The monoisotopic (exact) mass is 310 g/mol. The molecule has 1 fully saturated rings. The number of anilines is 1. The van der Waals surface area contributed by atoms with Crippen molar-refractivity contribution in [3.8, 4) is 0 Å². The molecule has 1 aromatic carbocycles. The van der Waals surface area contributed by atoms with Crippen LogP contribution in [0.15, 0.2) is 22.7 Å². The summed E-state index contributed by atoms with van der Waals surface area (Å²) in [7, 11) is 0. The van der Waals surface area contributed by atoms with E-state index in [1.165, 1.54) is 28.6 Å². The Morgan fingerprint density at radius 2 is 2.22 bits per heavy atom. The average Bonchev–Trinajstić information content (AvgIpc) is 2.63. The Hall–Kier alpha value is -0.540. The highest BCUT2D eigenvalue weighted by Crippen LogP contribution is 2.26. The standard InChI is InChI=1S/C15H23BrN2/c1-3-12-10-13(16)6-7-15(12)18-9-5-8-17-14(4-2)11-18/h6-7,10,14,17H,3-5,8-9,11H2,1-2H3. The summed E-state index contributed by atoms with van der Waals surface area (Å²) in [6.45, 7) is 7.94. The molecule has 0 aromatic heterocycles. The Labute approximate surface area is 119 Å². The van der Waals surface area contributed by atoms with E-state index in [1.807, 2.05) is 0 Å². The highest BCUT2D eigenvalue weighted by molar-refractivity contribution is 9.10. The van der Waals surface area contributed by atoms with Gasteiger partial charge in [0.15, 0.2) is 0 Å². The summed E-state index contributed by atoms with van der Waals surface area (Å²) in [5.41, 5.74) is 2.86. The Bertz CT molecular complexity index is 392. The van der Waals surface area contributed by atoms with Crippen molar-refractivity contribution in [2.75, 3.05) is 24.5 Å². The van der Waals surface area contributed by atoms with Gasteiger partial charge in [-0.15, -0.1) is 0 Å². The number of rotatable bonds is 3. The molecule has 1 aromatic rings. The summed E-state index contributed by atoms with van der Waals surface area (Å²) in [6.07, 6.45) is 3.53. The van der Waals surface area contributed by atoms with Gasteiger partial charge >= 0.3 is 0 Å². The maximum absolute atomic E-state index is 3.63. The molecule has 0 amide bonds. The van der Waals surface area contributed by atoms with Gasteiger partial charge in [0.25, 0.3) is 0 Å². The van der Waals surface area contributed by atoms with Gasteiger partial charge in [0.1, 0.15) is 0 Å². The molecule has 1 N–H and O–H groups in total. The largest absolute Gasteiger partial charge is 0.370 e. The van der Waals surface area contributed by atoms with E-state index in [4.69, 9.17) is 0 Å². The maximum atomic E-state index is 3.63. The molecule has 2 nitrogen and oxygen atoms in total. The Morgan fingerprint density at radius 3 is 2.94 bits per heavy atom. The molecule has 0 spiro atoms. The molecule has 18 heavy (non-hydrogen) atoms. The first-order valence-electron chi connectivity index (χ1n) is 7.01. The third-order valence-corrected chi connectivity index (χ3v) is 4.23. The van der Waals surface area contributed by atoms with E-state index in [0.29, 0.717) is 6.04 Å². The van der Waals surface area contributed by atoms with Crippen LogP contribution in [0.4, 0.5) is 5.69 Å². The molecule has 1 heterocycles. The minimum Gasteiger partial charge on any atom is -0.370 e.